The van der Waals surface area contributed by atoms with Crippen molar-refractivity contribution >= 4 is 23.4 Å². The van der Waals surface area contributed by atoms with Crippen LogP contribution < -0.4 is 5.32 Å². The molecule has 3 aromatic rings. The maximum atomic E-state index is 12.3. The lowest BCUT2D eigenvalue weighted by atomic mass is 10.2. The van der Waals surface area contributed by atoms with Crippen molar-refractivity contribution in [3.05, 3.63) is 53.6 Å². The number of thioether (sulfide) groups is 1. The molecule has 1 aromatic carbocycles. The summed E-state index contributed by atoms with van der Waals surface area (Å²) in [5, 5.41) is 8.06. The molecule has 0 bridgehead atoms. The van der Waals surface area contributed by atoms with Crippen molar-refractivity contribution in [1.82, 2.24) is 19.3 Å². The Labute approximate surface area is 151 Å². The van der Waals surface area contributed by atoms with E-state index in [2.05, 4.69) is 34.5 Å². The molecular weight excluding hydrogens is 334 g/mol. The lowest BCUT2D eigenvalue weighted by Crippen LogP contribution is -2.15. The summed E-state index contributed by atoms with van der Waals surface area (Å²) in [7, 11) is 1.87. The molecule has 2 aromatic heterocycles. The van der Waals surface area contributed by atoms with E-state index in [0.717, 1.165) is 27.9 Å². The first-order chi connectivity index (χ1) is 12.0. The lowest BCUT2D eigenvalue weighted by molar-refractivity contribution is -0.113. The average Bonchev–Trinajstić information content (AvgIpc) is 3.13. The fourth-order valence-electron chi connectivity index (χ4n) is 2.63. The molecule has 1 N–H and O–H groups in total. The summed E-state index contributed by atoms with van der Waals surface area (Å²) in [6, 6.07) is 8.19. The third-order valence-electron chi connectivity index (χ3n) is 3.99. The van der Waals surface area contributed by atoms with Gasteiger partial charge in [-0.25, -0.2) is 4.98 Å². The summed E-state index contributed by atoms with van der Waals surface area (Å²) >= 11 is 1.41. The molecule has 25 heavy (non-hydrogen) atoms. The second kappa shape index (κ2) is 7.14. The number of hydrogen-bond acceptors (Lipinski definition) is 4. The first kappa shape index (κ1) is 17.3. The van der Waals surface area contributed by atoms with E-state index in [-0.39, 0.29) is 11.7 Å². The van der Waals surface area contributed by atoms with Crippen molar-refractivity contribution in [1.29, 1.82) is 0 Å². The standard InChI is InChI=1S/C18H21N5OS/c1-12-6-5-7-15(10-12)23-9-8-19-18(23)25-11-16(24)20-17-13(2)21-22(4)14(17)3/h5-10H,11H2,1-4H3,(H,20,24). The minimum Gasteiger partial charge on any atom is -0.322 e. The number of nitrogens with one attached hydrogen (secondary N) is 1. The van der Waals surface area contributed by atoms with Crippen molar-refractivity contribution in [3.63, 3.8) is 0 Å². The maximum Gasteiger partial charge on any atom is 0.234 e. The van der Waals surface area contributed by atoms with Crippen LogP contribution in [0.3, 0.4) is 0 Å². The number of anilines is 1. The summed E-state index contributed by atoms with van der Waals surface area (Å²) < 4.78 is 3.76. The quantitative estimate of drug-likeness (QED) is 0.714. The number of amides is 1. The summed E-state index contributed by atoms with van der Waals surface area (Å²) in [4.78, 5) is 16.7. The van der Waals surface area contributed by atoms with Gasteiger partial charge in [-0.3, -0.25) is 14.0 Å². The molecule has 0 aliphatic carbocycles. The minimum atomic E-state index is -0.0667. The molecule has 0 spiro atoms. The summed E-state index contributed by atoms with van der Waals surface area (Å²) in [5.74, 6) is 0.222. The van der Waals surface area contributed by atoms with Crippen molar-refractivity contribution in [2.24, 2.45) is 7.05 Å². The number of carbonyl (C=O) groups is 1. The van der Waals surface area contributed by atoms with E-state index in [1.807, 2.05) is 43.8 Å². The van der Waals surface area contributed by atoms with Gasteiger partial charge in [-0.15, -0.1) is 0 Å². The molecule has 0 saturated heterocycles. The van der Waals surface area contributed by atoms with Gasteiger partial charge in [-0.05, 0) is 38.5 Å². The van der Waals surface area contributed by atoms with Gasteiger partial charge in [0, 0.05) is 25.1 Å². The maximum absolute atomic E-state index is 12.3. The molecule has 0 radical (unpaired) electrons. The fourth-order valence-corrected chi connectivity index (χ4v) is 3.40. The number of imidazole rings is 1. The Morgan fingerprint density at radius 2 is 2.08 bits per heavy atom. The molecule has 0 fully saturated rings. The second-order valence-corrected chi connectivity index (χ2v) is 6.87. The predicted molar refractivity (Wildman–Crippen MR) is 100 cm³/mol. The highest BCUT2D eigenvalue weighted by Gasteiger charge is 2.14. The first-order valence-corrected chi connectivity index (χ1v) is 8.97. The molecule has 0 atom stereocenters. The van der Waals surface area contributed by atoms with E-state index >= 15 is 0 Å². The Morgan fingerprint density at radius 1 is 1.28 bits per heavy atom. The monoisotopic (exact) mass is 355 g/mol. The zero-order valence-electron chi connectivity index (χ0n) is 14.8. The Hall–Kier alpha value is -2.54. The molecule has 6 nitrogen and oxygen atoms in total. The van der Waals surface area contributed by atoms with Gasteiger partial charge in [0.1, 0.15) is 0 Å². The molecule has 7 heteroatoms. The number of carbonyl (C=O) groups excluding carboxylic acids is 1. The Balaban J connectivity index is 1.68. The number of hydrogen-bond donors (Lipinski definition) is 1. The van der Waals surface area contributed by atoms with E-state index in [4.69, 9.17) is 0 Å². The van der Waals surface area contributed by atoms with Crippen LogP contribution in [0.4, 0.5) is 5.69 Å². The van der Waals surface area contributed by atoms with Gasteiger partial charge in [0.2, 0.25) is 5.91 Å². The smallest absolute Gasteiger partial charge is 0.234 e. The molecule has 3 rings (SSSR count). The van der Waals surface area contributed by atoms with Crippen LogP contribution in [0, 0.1) is 20.8 Å². The molecule has 1 amide bonds. The zero-order chi connectivity index (χ0) is 18.0. The van der Waals surface area contributed by atoms with E-state index in [0.29, 0.717) is 0 Å². The van der Waals surface area contributed by atoms with Crippen molar-refractivity contribution in [2.45, 2.75) is 25.9 Å². The van der Waals surface area contributed by atoms with Crippen LogP contribution in [0.5, 0.6) is 0 Å². The normalized spacial score (nSPS) is 10.9. The van der Waals surface area contributed by atoms with Gasteiger partial charge in [0.25, 0.3) is 0 Å². The molecule has 0 aliphatic rings. The van der Waals surface area contributed by atoms with Gasteiger partial charge in [-0.1, -0.05) is 23.9 Å². The van der Waals surface area contributed by atoms with Crippen LogP contribution >= 0.6 is 11.8 Å². The Kier molecular flexibility index (Phi) is 4.94. The van der Waals surface area contributed by atoms with E-state index < -0.39 is 0 Å². The summed E-state index contributed by atoms with van der Waals surface area (Å²) in [6.45, 7) is 5.88. The number of rotatable bonds is 5. The minimum absolute atomic E-state index is 0.0667. The molecule has 0 aliphatic heterocycles. The van der Waals surface area contributed by atoms with Gasteiger partial charge < -0.3 is 5.32 Å². The molecule has 130 valence electrons. The van der Waals surface area contributed by atoms with Crippen LogP contribution in [-0.2, 0) is 11.8 Å². The summed E-state index contributed by atoms with van der Waals surface area (Å²) in [6.07, 6.45) is 3.66. The Morgan fingerprint density at radius 3 is 2.76 bits per heavy atom. The SMILES string of the molecule is Cc1cccc(-n2ccnc2SCC(=O)Nc2c(C)nn(C)c2C)c1. The number of nitrogens with zero attached hydrogens (tertiary/aromatic N) is 4. The van der Waals surface area contributed by atoms with Crippen molar-refractivity contribution in [2.75, 3.05) is 11.1 Å². The summed E-state index contributed by atoms with van der Waals surface area (Å²) in [5.41, 5.74) is 4.77. The van der Waals surface area contributed by atoms with Crippen LogP contribution in [0.2, 0.25) is 0 Å². The number of benzene rings is 1. The van der Waals surface area contributed by atoms with Gasteiger partial charge in [-0.2, -0.15) is 5.10 Å². The molecule has 0 unspecified atom stereocenters. The van der Waals surface area contributed by atoms with Crippen molar-refractivity contribution in [3.8, 4) is 5.69 Å². The van der Waals surface area contributed by atoms with Crippen LogP contribution in [-0.4, -0.2) is 31.0 Å². The zero-order valence-corrected chi connectivity index (χ0v) is 15.6. The number of aromatic nitrogens is 4. The fraction of sp³-hybridized carbons (Fsp3) is 0.278. The average molecular weight is 355 g/mol. The molecule has 2 heterocycles. The van der Waals surface area contributed by atoms with Crippen molar-refractivity contribution < 1.29 is 4.79 Å². The van der Waals surface area contributed by atoms with Crippen LogP contribution in [0.25, 0.3) is 5.69 Å². The third-order valence-corrected chi connectivity index (χ3v) is 4.96. The van der Waals surface area contributed by atoms with E-state index in [9.17, 15) is 4.79 Å². The number of aryl methyl sites for hydroxylation is 3. The van der Waals surface area contributed by atoms with Gasteiger partial charge >= 0.3 is 0 Å². The Bertz CT molecular complexity index is 912. The first-order valence-electron chi connectivity index (χ1n) is 7.99. The van der Waals surface area contributed by atoms with Crippen LogP contribution in [0.1, 0.15) is 17.0 Å². The van der Waals surface area contributed by atoms with Gasteiger partial charge in [0.05, 0.1) is 22.8 Å². The van der Waals surface area contributed by atoms with E-state index in [1.54, 1.807) is 10.9 Å². The molecular formula is C18H21N5OS. The second-order valence-electron chi connectivity index (χ2n) is 5.93. The molecule has 0 saturated carbocycles. The van der Waals surface area contributed by atoms with E-state index in [1.165, 1.54) is 17.3 Å². The van der Waals surface area contributed by atoms with Gasteiger partial charge in [0.15, 0.2) is 5.16 Å². The predicted octanol–water partition coefficient (Wildman–Crippen LogP) is 3.26. The highest BCUT2D eigenvalue weighted by Crippen LogP contribution is 2.22. The largest absolute Gasteiger partial charge is 0.322 e. The topological polar surface area (TPSA) is 64.7 Å². The lowest BCUT2D eigenvalue weighted by Gasteiger charge is -2.09. The third kappa shape index (κ3) is 3.76. The van der Waals surface area contributed by atoms with Crippen LogP contribution in [0.15, 0.2) is 41.8 Å². The highest BCUT2D eigenvalue weighted by molar-refractivity contribution is 7.99. The highest BCUT2D eigenvalue weighted by atomic mass is 32.2.